The molecule has 6 aliphatic rings. The Morgan fingerprint density at radius 1 is 0.426 bits per heavy atom. The second-order valence-electron chi connectivity index (χ2n) is 29.6. The van der Waals surface area contributed by atoms with E-state index in [1.165, 1.54) is 16.7 Å². The minimum atomic E-state index is -0.0929. The van der Waals surface area contributed by atoms with Crippen molar-refractivity contribution < 1.29 is 28.6 Å². The highest BCUT2D eigenvalue weighted by molar-refractivity contribution is 6.10. The maximum absolute atomic E-state index is 13.0. The summed E-state index contributed by atoms with van der Waals surface area (Å²) in [6.07, 6.45) is 14.5. The molecule has 6 aliphatic heterocycles. The number of aromatic nitrogens is 9. The zero-order valence-corrected chi connectivity index (χ0v) is 62.5. The van der Waals surface area contributed by atoms with Gasteiger partial charge in [0, 0.05) is 162 Å². The number of anilines is 6. The molecule has 108 heavy (non-hydrogen) atoms. The predicted molar refractivity (Wildman–Crippen MR) is 421 cm³/mol. The lowest BCUT2D eigenvalue weighted by atomic mass is 9.94. The van der Waals surface area contributed by atoms with E-state index in [2.05, 4.69) is 150 Å². The fourth-order valence-corrected chi connectivity index (χ4v) is 16.2. The number of carbonyl (C=O) groups is 3. The number of nitrogens with one attached hydrogen (secondary N) is 6. The van der Waals surface area contributed by atoms with Crippen LogP contribution in [-0.4, -0.2) is 158 Å². The second-order valence-corrected chi connectivity index (χ2v) is 29.6. The molecule has 0 spiro atoms. The number of hydrogen-bond acceptors (Lipinski definition) is 18. The first-order valence-electron chi connectivity index (χ1n) is 37.0. The summed E-state index contributed by atoms with van der Waals surface area (Å²) in [7, 11) is 18.3. The number of benzene rings is 3. The molecule has 0 unspecified atom stereocenters. The lowest BCUT2D eigenvalue weighted by molar-refractivity contribution is 0.0958. The van der Waals surface area contributed by atoms with Crippen LogP contribution in [-0.2, 0) is 74.6 Å². The van der Waals surface area contributed by atoms with Gasteiger partial charge in [-0.2, -0.15) is 0 Å². The standard InChI is InChI=1S/3C28H30N6O2/c2*1-33(2)15-24-18(17-10-13-36-16-17)5-7-25(32-24)31-23-6-4-19(22-14-30-28(35)26(22)23)20-8-11-29-27-21(20)9-12-34(27)3;1-33(2)15-23-18(17-10-12-36-16-17)7-8-25(32-23)31-22-14-29-27(21-13-30-28(35)26(21)22)20-5-4-6-24-19(20)9-11-34(24)3/h2*4-9,11-12,17H,10,13-16H2,1-3H3,(H,30,35)(H,31,32);4-9,11,14,17H,10,12-13,15-16H2,1-3H3,(H,30,35)(H,31,32)/t3*17-/m100/s1. The third-order valence-corrected chi connectivity index (χ3v) is 21.4. The number of rotatable bonds is 18. The molecule has 3 atom stereocenters. The Balaban J connectivity index is 0.000000124. The Hall–Kier alpha value is -11.3. The van der Waals surface area contributed by atoms with Crippen molar-refractivity contribution in [1.82, 2.24) is 74.3 Å². The van der Waals surface area contributed by atoms with Gasteiger partial charge in [-0.3, -0.25) is 19.4 Å². The van der Waals surface area contributed by atoms with Gasteiger partial charge in [-0.05, 0) is 178 Å². The van der Waals surface area contributed by atoms with E-state index in [0.29, 0.717) is 65.6 Å². The van der Waals surface area contributed by atoms with Crippen molar-refractivity contribution in [3.05, 3.63) is 214 Å². The van der Waals surface area contributed by atoms with Crippen LogP contribution in [0.5, 0.6) is 0 Å². The Bertz CT molecular complexity index is 4940. The summed E-state index contributed by atoms with van der Waals surface area (Å²) in [6, 6.07) is 37.1. The fourth-order valence-electron chi connectivity index (χ4n) is 16.2. The van der Waals surface area contributed by atoms with Gasteiger partial charge < -0.3 is 74.5 Å². The van der Waals surface area contributed by atoms with E-state index < -0.39 is 0 Å². The SMILES string of the molecule is CN(C)Cc1nc(Nc2ccc(-c3ccnc4c3ccn4C)c3c2C(=O)NC3)ccc1[C@@H]1CCOC1.CN(C)Cc1nc(Nc2ccc(-c3ccnc4c3ccn4C)c3c2C(=O)NC3)ccc1[C@H]1CCOC1.CN(C)Cc1nc(Nc2cnc(-c3cccc4c3ccn4C)c3c2C(=O)NC3)ccc1[C@H]1CCOC1. The highest BCUT2D eigenvalue weighted by atomic mass is 16.5. The van der Waals surface area contributed by atoms with Crippen LogP contribution < -0.4 is 31.9 Å². The van der Waals surface area contributed by atoms with Crippen LogP contribution >= 0.6 is 0 Å². The van der Waals surface area contributed by atoms with Gasteiger partial charge in [-0.15, -0.1) is 0 Å². The third-order valence-electron chi connectivity index (χ3n) is 21.4. The summed E-state index contributed by atoms with van der Waals surface area (Å²) < 4.78 is 23.0. The van der Waals surface area contributed by atoms with E-state index >= 15 is 0 Å². The molecule has 24 heteroatoms. The predicted octanol–water partition coefficient (Wildman–Crippen LogP) is 12.6. The largest absolute Gasteiger partial charge is 0.381 e. The van der Waals surface area contributed by atoms with Crippen LogP contribution in [0, 0.1) is 0 Å². The van der Waals surface area contributed by atoms with E-state index in [1.54, 1.807) is 6.20 Å². The minimum absolute atomic E-state index is 0.0686. The summed E-state index contributed by atoms with van der Waals surface area (Å²) >= 11 is 0. The van der Waals surface area contributed by atoms with E-state index in [0.717, 1.165) is 202 Å². The Morgan fingerprint density at radius 2 is 0.833 bits per heavy atom. The molecule has 3 amide bonds. The smallest absolute Gasteiger partial charge is 0.254 e. The van der Waals surface area contributed by atoms with Crippen molar-refractivity contribution >= 4 is 85.2 Å². The van der Waals surface area contributed by atoms with Crippen LogP contribution in [0.3, 0.4) is 0 Å². The quantitative estimate of drug-likeness (QED) is 0.0467. The number of pyridine rings is 6. The van der Waals surface area contributed by atoms with E-state index in [9.17, 15) is 14.4 Å². The molecular weight excluding hydrogens is 1360 g/mol. The monoisotopic (exact) mass is 1450 g/mol. The summed E-state index contributed by atoms with van der Waals surface area (Å²) in [5, 5.41) is 22.6. The molecule has 0 saturated carbocycles. The summed E-state index contributed by atoms with van der Waals surface area (Å²) in [5.74, 6) is 3.08. The van der Waals surface area contributed by atoms with Gasteiger partial charge in [0.05, 0.1) is 82.5 Å². The third kappa shape index (κ3) is 14.0. The topological polar surface area (TPSA) is 253 Å². The first-order chi connectivity index (χ1) is 52.5. The van der Waals surface area contributed by atoms with Crippen molar-refractivity contribution in [1.29, 1.82) is 0 Å². The van der Waals surface area contributed by atoms with Gasteiger partial charge in [0.2, 0.25) is 0 Å². The van der Waals surface area contributed by atoms with Gasteiger partial charge >= 0.3 is 0 Å². The minimum Gasteiger partial charge on any atom is -0.381 e. The summed E-state index contributed by atoms with van der Waals surface area (Å²) in [6.45, 7) is 8.28. The molecule has 24 nitrogen and oxygen atoms in total. The average molecular weight is 1450 g/mol. The van der Waals surface area contributed by atoms with E-state index in [4.69, 9.17) is 34.1 Å². The average Bonchev–Trinajstić information content (AvgIpc) is 1.57. The van der Waals surface area contributed by atoms with Crippen molar-refractivity contribution in [3.8, 4) is 33.5 Å². The molecule has 15 heterocycles. The van der Waals surface area contributed by atoms with Gasteiger partial charge in [0.25, 0.3) is 17.7 Å². The highest BCUT2D eigenvalue weighted by Crippen LogP contribution is 2.43. The van der Waals surface area contributed by atoms with Gasteiger partial charge in [0.1, 0.15) is 28.7 Å². The van der Waals surface area contributed by atoms with Crippen LogP contribution in [0.15, 0.2) is 146 Å². The lowest BCUT2D eigenvalue weighted by Gasteiger charge is -2.19. The number of nitrogens with zero attached hydrogens (tertiary/aromatic N) is 12. The first kappa shape index (κ1) is 71.0. The van der Waals surface area contributed by atoms with Crippen molar-refractivity contribution in [2.45, 2.75) is 76.3 Å². The number of aryl methyl sites for hydroxylation is 3. The van der Waals surface area contributed by atoms with Gasteiger partial charge in [0.15, 0.2) is 0 Å². The number of hydrogen-bond donors (Lipinski definition) is 6. The normalized spacial score (nSPS) is 17.1. The van der Waals surface area contributed by atoms with Gasteiger partial charge in [-0.1, -0.05) is 42.5 Å². The number of amides is 3. The summed E-state index contributed by atoms with van der Waals surface area (Å²) in [4.78, 5) is 74.0. The lowest BCUT2D eigenvalue weighted by Crippen LogP contribution is -2.16. The molecule has 0 bridgehead atoms. The van der Waals surface area contributed by atoms with Crippen molar-refractivity contribution in [2.24, 2.45) is 21.1 Å². The molecule has 12 aromatic rings. The summed E-state index contributed by atoms with van der Waals surface area (Å²) in [5.41, 5.74) is 23.0. The van der Waals surface area contributed by atoms with Crippen LogP contribution in [0.2, 0.25) is 0 Å². The Morgan fingerprint density at radius 3 is 1.26 bits per heavy atom. The van der Waals surface area contributed by atoms with Crippen LogP contribution in [0.4, 0.5) is 34.5 Å². The van der Waals surface area contributed by atoms with Gasteiger partial charge in [-0.25, -0.2) is 24.9 Å². The first-order valence-corrected chi connectivity index (χ1v) is 37.0. The zero-order valence-electron chi connectivity index (χ0n) is 62.5. The molecule has 0 aliphatic carbocycles. The highest BCUT2D eigenvalue weighted by Gasteiger charge is 2.33. The number of fused-ring (bicyclic) bond motifs is 6. The van der Waals surface area contributed by atoms with Crippen molar-refractivity contribution in [2.75, 3.05) is 97.9 Å². The number of ether oxygens (including phenoxy) is 3. The Kier molecular flexibility index (Phi) is 19.9. The molecule has 6 N–H and O–H groups in total. The molecule has 3 fully saturated rings. The Labute approximate surface area is 627 Å². The van der Waals surface area contributed by atoms with E-state index in [-0.39, 0.29) is 17.7 Å². The zero-order chi connectivity index (χ0) is 74.4. The molecule has 3 saturated heterocycles. The second kappa shape index (κ2) is 30.2. The molecular formula is C84H90N18O6. The molecule has 9 aromatic heterocycles. The molecule has 3 aromatic carbocycles. The van der Waals surface area contributed by atoms with Crippen LogP contribution in [0.1, 0.15) is 119 Å². The molecule has 552 valence electrons. The van der Waals surface area contributed by atoms with E-state index in [1.807, 2.05) is 124 Å². The molecule has 0 radical (unpaired) electrons. The maximum Gasteiger partial charge on any atom is 0.254 e. The number of carbonyl (C=O) groups excluding carboxylic acids is 3. The molecule has 18 rings (SSSR count). The van der Waals surface area contributed by atoms with Crippen LogP contribution in [0.25, 0.3) is 66.5 Å². The van der Waals surface area contributed by atoms with Crippen molar-refractivity contribution in [3.63, 3.8) is 0 Å². The maximum atomic E-state index is 13.0. The fraction of sp³-hybridized carbons (Fsp3) is 0.321.